The fraction of sp³-hybridized carbons (Fsp3) is 0.571. The van der Waals surface area contributed by atoms with E-state index in [0.717, 1.165) is 24.3 Å². The molecule has 1 saturated carbocycles. The molecule has 3 nitrogen and oxygen atoms in total. The summed E-state index contributed by atoms with van der Waals surface area (Å²) in [5.74, 6) is -0.00832. The van der Waals surface area contributed by atoms with Gasteiger partial charge in [0, 0.05) is 24.2 Å². The van der Waals surface area contributed by atoms with E-state index in [1.54, 1.807) is 6.07 Å². The molecule has 1 aromatic carbocycles. The first-order valence-electron chi connectivity index (χ1n) is 6.62. The molecule has 0 amide bonds. The number of ether oxygens (including phenoxy) is 1. The largest absolute Gasteiger partial charge is 0.494 e. The Kier molecular flexibility index (Phi) is 2.80. The van der Waals surface area contributed by atoms with Gasteiger partial charge in [0.15, 0.2) is 11.6 Å². The predicted molar refractivity (Wildman–Crippen MR) is 70.9 cm³/mol. The summed E-state index contributed by atoms with van der Waals surface area (Å²) in [6, 6.07) is 3.29. The van der Waals surface area contributed by atoms with Gasteiger partial charge in [-0.2, -0.15) is 0 Å². The van der Waals surface area contributed by atoms with E-state index in [4.69, 9.17) is 4.74 Å². The molecule has 1 fully saturated rings. The van der Waals surface area contributed by atoms with Crippen LogP contribution in [-0.4, -0.2) is 19.2 Å². The van der Waals surface area contributed by atoms with Gasteiger partial charge < -0.3 is 15.4 Å². The van der Waals surface area contributed by atoms with E-state index in [9.17, 15) is 4.39 Å². The molecule has 0 radical (unpaired) electrons. The van der Waals surface area contributed by atoms with Gasteiger partial charge in [0.25, 0.3) is 0 Å². The number of halogens is 1. The predicted octanol–water partition coefficient (Wildman–Crippen LogP) is 3.37. The van der Waals surface area contributed by atoms with Crippen LogP contribution < -0.4 is 15.4 Å². The lowest BCUT2D eigenvalue weighted by Gasteiger charge is -2.29. The van der Waals surface area contributed by atoms with Crippen molar-refractivity contribution in [2.45, 2.75) is 37.6 Å². The van der Waals surface area contributed by atoms with Crippen LogP contribution in [0.2, 0.25) is 0 Å². The van der Waals surface area contributed by atoms with Crippen LogP contribution in [-0.2, 0) is 0 Å². The summed E-state index contributed by atoms with van der Waals surface area (Å²) in [5, 5.41) is 6.94. The molecular weight excluding hydrogens is 231 g/mol. The van der Waals surface area contributed by atoms with Crippen molar-refractivity contribution in [1.29, 1.82) is 0 Å². The molecule has 1 spiro atoms. The number of anilines is 2. The van der Waals surface area contributed by atoms with Crippen LogP contribution >= 0.6 is 0 Å². The molecule has 0 saturated heterocycles. The zero-order valence-corrected chi connectivity index (χ0v) is 10.7. The second-order valence-electron chi connectivity index (χ2n) is 5.32. The Morgan fingerprint density at radius 3 is 2.67 bits per heavy atom. The van der Waals surface area contributed by atoms with Gasteiger partial charge in [-0.15, -0.1) is 0 Å². The summed E-state index contributed by atoms with van der Waals surface area (Å²) in [6.07, 6.45) is 6.05. The maximum absolute atomic E-state index is 13.7. The lowest BCUT2D eigenvalue weighted by atomic mass is 9.93. The van der Waals surface area contributed by atoms with Gasteiger partial charge in [-0.1, -0.05) is 12.8 Å². The molecule has 1 heterocycles. The number of hydrogen-bond donors (Lipinski definition) is 2. The molecule has 18 heavy (non-hydrogen) atoms. The number of nitrogens with one attached hydrogen (secondary N) is 2. The van der Waals surface area contributed by atoms with Crippen LogP contribution in [0.25, 0.3) is 0 Å². The van der Waals surface area contributed by atoms with Crippen molar-refractivity contribution in [2.24, 2.45) is 0 Å². The molecule has 0 bridgehead atoms. The summed E-state index contributed by atoms with van der Waals surface area (Å²) in [5.41, 5.74) is 2.01. The fourth-order valence-electron chi connectivity index (χ4n) is 3.17. The number of fused-ring (bicyclic) bond motifs is 1. The Labute approximate surface area is 107 Å². The van der Waals surface area contributed by atoms with Crippen molar-refractivity contribution in [3.05, 3.63) is 17.9 Å². The third kappa shape index (κ3) is 1.89. The van der Waals surface area contributed by atoms with Crippen molar-refractivity contribution < 1.29 is 9.13 Å². The van der Waals surface area contributed by atoms with Gasteiger partial charge >= 0.3 is 0 Å². The SMILES string of the molecule is COc1cc2c(cc1F)NCCC1(CCCC1)N2. The first-order valence-corrected chi connectivity index (χ1v) is 6.62. The summed E-state index contributed by atoms with van der Waals surface area (Å²) in [7, 11) is 1.50. The van der Waals surface area contributed by atoms with Crippen LogP contribution in [0.4, 0.5) is 15.8 Å². The average molecular weight is 250 g/mol. The summed E-state index contributed by atoms with van der Waals surface area (Å²) in [4.78, 5) is 0. The number of methoxy groups -OCH3 is 1. The first-order chi connectivity index (χ1) is 8.72. The molecule has 98 valence electrons. The minimum absolute atomic E-state index is 0.196. The second-order valence-corrected chi connectivity index (χ2v) is 5.32. The van der Waals surface area contributed by atoms with Crippen LogP contribution in [0.3, 0.4) is 0 Å². The molecule has 3 rings (SSSR count). The van der Waals surface area contributed by atoms with E-state index in [2.05, 4.69) is 10.6 Å². The number of hydrogen-bond acceptors (Lipinski definition) is 3. The Balaban J connectivity index is 1.98. The first kappa shape index (κ1) is 11.6. The van der Waals surface area contributed by atoms with Crippen molar-refractivity contribution in [2.75, 3.05) is 24.3 Å². The normalized spacial score (nSPS) is 20.8. The van der Waals surface area contributed by atoms with E-state index >= 15 is 0 Å². The fourth-order valence-corrected chi connectivity index (χ4v) is 3.17. The molecule has 1 aliphatic carbocycles. The van der Waals surface area contributed by atoms with Crippen LogP contribution in [0.5, 0.6) is 5.75 Å². The van der Waals surface area contributed by atoms with Crippen LogP contribution in [0, 0.1) is 5.82 Å². The maximum Gasteiger partial charge on any atom is 0.167 e. The topological polar surface area (TPSA) is 33.3 Å². The molecule has 1 aromatic rings. The zero-order chi connectivity index (χ0) is 12.6. The Morgan fingerprint density at radius 1 is 1.17 bits per heavy atom. The van der Waals surface area contributed by atoms with E-state index in [-0.39, 0.29) is 11.4 Å². The molecule has 0 atom stereocenters. The summed E-state index contributed by atoms with van der Waals surface area (Å²) >= 11 is 0. The molecule has 2 N–H and O–H groups in total. The minimum atomic E-state index is -0.312. The number of benzene rings is 1. The zero-order valence-electron chi connectivity index (χ0n) is 10.7. The quantitative estimate of drug-likeness (QED) is 0.801. The molecule has 1 aliphatic heterocycles. The standard InChI is InChI=1S/C14H19FN2O/c1-18-13-9-12-11(8-10(13)15)16-7-6-14(17-12)4-2-3-5-14/h8-9,16-17H,2-7H2,1H3. The monoisotopic (exact) mass is 250 g/mol. The highest BCUT2D eigenvalue weighted by atomic mass is 19.1. The number of rotatable bonds is 1. The molecule has 4 heteroatoms. The minimum Gasteiger partial charge on any atom is -0.494 e. The van der Waals surface area contributed by atoms with Crippen molar-refractivity contribution in [3.8, 4) is 5.75 Å². The molecule has 0 aromatic heterocycles. The molecular formula is C14H19FN2O. The molecule has 0 unspecified atom stereocenters. The molecule has 2 aliphatic rings. The van der Waals surface area contributed by atoms with Gasteiger partial charge in [-0.3, -0.25) is 0 Å². The summed E-state index contributed by atoms with van der Waals surface area (Å²) < 4.78 is 18.7. The van der Waals surface area contributed by atoms with Gasteiger partial charge in [0.05, 0.1) is 18.5 Å². The van der Waals surface area contributed by atoms with E-state index < -0.39 is 0 Å². The van der Waals surface area contributed by atoms with Gasteiger partial charge in [0.1, 0.15) is 0 Å². The smallest absolute Gasteiger partial charge is 0.167 e. The van der Waals surface area contributed by atoms with Crippen molar-refractivity contribution >= 4 is 11.4 Å². The average Bonchev–Trinajstić information content (AvgIpc) is 2.73. The van der Waals surface area contributed by atoms with Crippen molar-refractivity contribution in [3.63, 3.8) is 0 Å². The Bertz CT molecular complexity index is 455. The Hall–Kier alpha value is -1.45. The lowest BCUT2D eigenvalue weighted by Crippen LogP contribution is -2.35. The van der Waals surface area contributed by atoms with Crippen LogP contribution in [0.15, 0.2) is 12.1 Å². The second kappa shape index (κ2) is 4.34. The lowest BCUT2D eigenvalue weighted by molar-refractivity contribution is 0.386. The highest BCUT2D eigenvalue weighted by Gasteiger charge is 2.35. The third-order valence-corrected chi connectivity index (χ3v) is 4.17. The van der Waals surface area contributed by atoms with E-state index in [1.165, 1.54) is 38.9 Å². The van der Waals surface area contributed by atoms with Crippen LogP contribution in [0.1, 0.15) is 32.1 Å². The van der Waals surface area contributed by atoms with Crippen molar-refractivity contribution in [1.82, 2.24) is 0 Å². The van der Waals surface area contributed by atoms with E-state index in [1.807, 2.05) is 0 Å². The maximum atomic E-state index is 13.7. The third-order valence-electron chi connectivity index (χ3n) is 4.17. The van der Waals surface area contributed by atoms with Gasteiger partial charge in [0.2, 0.25) is 0 Å². The van der Waals surface area contributed by atoms with E-state index in [0.29, 0.717) is 5.75 Å². The highest BCUT2D eigenvalue weighted by molar-refractivity contribution is 5.73. The van der Waals surface area contributed by atoms with Gasteiger partial charge in [-0.05, 0) is 19.3 Å². The highest BCUT2D eigenvalue weighted by Crippen LogP contribution is 2.41. The Morgan fingerprint density at radius 2 is 1.94 bits per heavy atom. The van der Waals surface area contributed by atoms with Gasteiger partial charge in [-0.25, -0.2) is 4.39 Å². The summed E-state index contributed by atoms with van der Waals surface area (Å²) in [6.45, 7) is 0.895.